The van der Waals surface area contributed by atoms with Crippen molar-refractivity contribution in [1.29, 1.82) is 0 Å². The molecule has 19 heavy (non-hydrogen) atoms. The van der Waals surface area contributed by atoms with Gasteiger partial charge in [-0.2, -0.15) is 13.2 Å². The maximum Gasteiger partial charge on any atom is 0.416 e. The highest BCUT2D eigenvalue weighted by atomic mass is 35.5. The van der Waals surface area contributed by atoms with Crippen LogP contribution in [0.5, 0.6) is 0 Å². The summed E-state index contributed by atoms with van der Waals surface area (Å²) in [5.74, 6) is 0.214. The highest BCUT2D eigenvalue weighted by Gasteiger charge is 2.30. The summed E-state index contributed by atoms with van der Waals surface area (Å²) in [4.78, 5) is 0. The third kappa shape index (κ3) is 3.04. The Morgan fingerprint density at radius 1 is 1.00 bits per heavy atom. The fourth-order valence-corrected chi connectivity index (χ4v) is 2.36. The van der Waals surface area contributed by atoms with Crippen molar-refractivity contribution in [3.05, 3.63) is 58.6 Å². The van der Waals surface area contributed by atoms with Gasteiger partial charge in [-0.1, -0.05) is 41.9 Å². The van der Waals surface area contributed by atoms with Gasteiger partial charge in [-0.3, -0.25) is 0 Å². The molecule has 0 atom stereocenters. The molecule has 0 aliphatic rings. The lowest BCUT2D eigenvalue weighted by Crippen LogP contribution is -2.04. The van der Waals surface area contributed by atoms with Crippen molar-refractivity contribution in [2.24, 2.45) is 0 Å². The molecule has 0 spiro atoms. The van der Waals surface area contributed by atoms with E-state index in [9.17, 15) is 13.2 Å². The van der Waals surface area contributed by atoms with E-state index in [0.29, 0.717) is 21.7 Å². The highest BCUT2D eigenvalue weighted by Crippen LogP contribution is 2.35. The molecular weight excluding hydrogens is 296 g/mol. The van der Waals surface area contributed by atoms with Gasteiger partial charge in [0.25, 0.3) is 0 Å². The third-order valence-electron chi connectivity index (χ3n) is 2.72. The van der Waals surface area contributed by atoms with Crippen LogP contribution in [0.2, 0.25) is 5.02 Å². The molecule has 0 fully saturated rings. The number of benzene rings is 2. The number of hydrogen-bond donors (Lipinski definition) is 0. The van der Waals surface area contributed by atoms with Gasteiger partial charge < -0.3 is 0 Å². The van der Waals surface area contributed by atoms with Gasteiger partial charge in [0.1, 0.15) is 0 Å². The maximum atomic E-state index is 12.7. The van der Waals surface area contributed by atoms with Crippen LogP contribution < -0.4 is 0 Å². The normalized spacial score (nSPS) is 11.6. The van der Waals surface area contributed by atoms with E-state index >= 15 is 0 Å². The Hall–Kier alpha value is -1.19. The lowest BCUT2D eigenvalue weighted by Gasteiger charge is -2.11. The fourth-order valence-electron chi connectivity index (χ4n) is 1.77. The van der Waals surface area contributed by atoms with E-state index in [0.717, 1.165) is 12.1 Å². The molecule has 0 saturated carbocycles. The zero-order valence-corrected chi connectivity index (χ0v) is 11.2. The van der Waals surface area contributed by atoms with Crippen LogP contribution in [0.15, 0.2) is 42.5 Å². The highest BCUT2D eigenvalue weighted by molar-refractivity contribution is 6.34. The Bertz CT molecular complexity index is 591. The average molecular weight is 305 g/mol. The van der Waals surface area contributed by atoms with E-state index in [2.05, 4.69) is 0 Å². The summed E-state index contributed by atoms with van der Waals surface area (Å²) in [5, 5.41) is 0.386. The second-order valence-corrected chi connectivity index (χ2v) is 4.64. The van der Waals surface area contributed by atoms with E-state index in [1.807, 2.05) is 0 Å². The zero-order chi connectivity index (χ0) is 14.0. The maximum absolute atomic E-state index is 12.7. The van der Waals surface area contributed by atoms with Gasteiger partial charge in [-0.05, 0) is 23.3 Å². The zero-order valence-electron chi connectivity index (χ0n) is 9.64. The van der Waals surface area contributed by atoms with Crippen LogP contribution in [0, 0.1) is 0 Å². The molecule has 100 valence electrons. The van der Waals surface area contributed by atoms with Crippen molar-refractivity contribution in [2.75, 3.05) is 0 Å². The Morgan fingerprint density at radius 3 is 2.32 bits per heavy atom. The van der Waals surface area contributed by atoms with Crippen molar-refractivity contribution in [2.45, 2.75) is 12.1 Å². The van der Waals surface area contributed by atoms with Crippen LogP contribution in [0.4, 0.5) is 13.2 Å². The summed E-state index contributed by atoms with van der Waals surface area (Å²) >= 11 is 11.9. The minimum Gasteiger partial charge on any atom is -0.166 e. The van der Waals surface area contributed by atoms with E-state index in [1.54, 1.807) is 24.3 Å². The Labute approximate surface area is 118 Å². The molecular formula is C14H9Cl2F3. The van der Waals surface area contributed by atoms with Gasteiger partial charge in [0.15, 0.2) is 0 Å². The molecule has 0 N–H and O–H groups in total. The molecule has 0 saturated heterocycles. The minimum absolute atomic E-state index is 0.214. The second kappa shape index (κ2) is 5.43. The number of halogens is 5. The molecule has 0 radical (unpaired) electrons. The first-order valence-electron chi connectivity index (χ1n) is 5.44. The van der Waals surface area contributed by atoms with Crippen LogP contribution in [0.1, 0.15) is 11.1 Å². The van der Waals surface area contributed by atoms with Gasteiger partial charge in [0.05, 0.1) is 10.6 Å². The van der Waals surface area contributed by atoms with Crippen molar-refractivity contribution in [1.82, 2.24) is 0 Å². The number of hydrogen-bond acceptors (Lipinski definition) is 0. The molecule has 0 aliphatic carbocycles. The molecule has 0 nitrogen and oxygen atoms in total. The first-order valence-corrected chi connectivity index (χ1v) is 6.35. The topological polar surface area (TPSA) is 0 Å². The van der Waals surface area contributed by atoms with Gasteiger partial charge in [-0.25, -0.2) is 0 Å². The standard InChI is InChI=1S/C14H9Cl2F3/c15-8-10-4-2-6-12(13(10)16)9-3-1-5-11(7-9)14(17,18)19/h1-7H,8H2. The van der Waals surface area contributed by atoms with Gasteiger partial charge >= 0.3 is 6.18 Å². The number of alkyl halides is 4. The Morgan fingerprint density at radius 2 is 1.68 bits per heavy atom. The van der Waals surface area contributed by atoms with Gasteiger partial charge in [-0.15, -0.1) is 11.6 Å². The summed E-state index contributed by atoms with van der Waals surface area (Å²) < 4.78 is 38.0. The summed E-state index contributed by atoms with van der Waals surface area (Å²) in [6.07, 6.45) is -4.37. The second-order valence-electron chi connectivity index (χ2n) is 3.99. The predicted molar refractivity (Wildman–Crippen MR) is 71.4 cm³/mol. The summed E-state index contributed by atoms with van der Waals surface area (Å²) in [6, 6.07) is 10.2. The molecule has 0 aliphatic heterocycles. The van der Waals surface area contributed by atoms with E-state index in [-0.39, 0.29) is 5.88 Å². The lowest BCUT2D eigenvalue weighted by molar-refractivity contribution is -0.137. The van der Waals surface area contributed by atoms with Gasteiger partial charge in [0, 0.05) is 11.4 Å². The molecule has 0 amide bonds. The van der Waals surface area contributed by atoms with Gasteiger partial charge in [0.2, 0.25) is 0 Å². The van der Waals surface area contributed by atoms with Crippen LogP contribution in [0.3, 0.4) is 0 Å². The third-order valence-corrected chi connectivity index (χ3v) is 3.46. The number of rotatable bonds is 2. The van der Waals surface area contributed by atoms with Crippen LogP contribution in [-0.4, -0.2) is 0 Å². The molecule has 2 rings (SSSR count). The largest absolute Gasteiger partial charge is 0.416 e. The van der Waals surface area contributed by atoms with Crippen LogP contribution in [-0.2, 0) is 12.1 Å². The van der Waals surface area contributed by atoms with Crippen LogP contribution in [0.25, 0.3) is 11.1 Å². The average Bonchev–Trinajstić information content (AvgIpc) is 2.38. The minimum atomic E-state index is -4.37. The lowest BCUT2D eigenvalue weighted by atomic mass is 10.0. The first-order chi connectivity index (χ1) is 8.93. The van der Waals surface area contributed by atoms with Crippen molar-refractivity contribution in [3.63, 3.8) is 0 Å². The molecule has 5 heteroatoms. The van der Waals surface area contributed by atoms with Crippen molar-refractivity contribution < 1.29 is 13.2 Å². The molecule has 0 heterocycles. The predicted octanol–water partition coefficient (Wildman–Crippen LogP) is 5.76. The Balaban J connectivity index is 2.54. The molecule has 0 unspecified atom stereocenters. The monoisotopic (exact) mass is 304 g/mol. The van der Waals surface area contributed by atoms with E-state index < -0.39 is 11.7 Å². The van der Waals surface area contributed by atoms with Crippen molar-refractivity contribution >= 4 is 23.2 Å². The SMILES string of the molecule is FC(F)(F)c1cccc(-c2cccc(CCl)c2Cl)c1. The van der Waals surface area contributed by atoms with Crippen molar-refractivity contribution in [3.8, 4) is 11.1 Å². The Kier molecular flexibility index (Phi) is 4.07. The molecule has 0 bridgehead atoms. The first kappa shape index (κ1) is 14.2. The van der Waals surface area contributed by atoms with E-state index in [4.69, 9.17) is 23.2 Å². The smallest absolute Gasteiger partial charge is 0.166 e. The quantitative estimate of drug-likeness (QED) is 0.618. The van der Waals surface area contributed by atoms with Crippen LogP contribution >= 0.6 is 23.2 Å². The summed E-state index contributed by atoms with van der Waals surface area (Å²) in [6.45, 7) is 0. The fraction of sp³-hybridized carbons (Fsp3) is 0.143. The molecule has 2 aromatic rings. The summed E-state index contributed by atoms with van der Waals surface area (Å²) in [5.41, 5.74) is 0.966. The molecule has 0 aromatic heterocycles. The summed E-state index contributed by atoms with van der Waals surface area (Å²) in [7, 11) is 0. The van der Waals surface area contributed by atoms with E-state index in [1.165, 1.54) is 6.07 Å². The molecule has 2 aromatic carbocycles.